The van der Waals surface area contributed by atoms with Crippen LogP contribution in [-0.4, -0.2) is 28.3 Å². The van der Waals surface area contributed by atoms with E-state index in [1.54, 1.807) is 17.1 Å². The Hall–Kier alpha value is -2.14. The maximum absolute atomic E-state index is 12.2. The van der Waals surface area contributed by atoms with E-state index in [2.05, 4.69) is 24.3 Å². The molecule has 1 unspecified atom stereocenters. The molecule has 0 saturated heterocycles. The van der Waals surface area contributed by atoms with Gasteiger partial charge >= 0.3 is 0 Å². The second kappa shape index (κ2) is 7.75. The normalized spacial score (nSPS) is 12.4. The van der Waals surface area contributed by atoms with Crippen LogP contribution in [0.1, 0.15) is 36.2 Å². The molecule has 0 fully saturated rings. The van der Waals surface area contributed by atoms with Crippen LogP contribution in [0.15, 0.2) is 42.7 Å². The molecule has 118 valence electrons. The van der Waals surface area contributed by atoms with Crippen molar-refractivity contribution in [2.45, 2.75) is 32.9 Å². The van der Waals surface area contributed by atoms with Crippen LogP contribution in [0.3, 0.4) is 0 Å². The summed E-state index contributed by atoms with van der Waals surface area (Å²) in [6.45, 7) is 5.34. The fraction of sp³-hybridized carbons (Fsp3) is 0.412. The Morgan fingerprint density at radius 1 is 1.32 bits per heavy atom. The van der Waals surface area contributed by atoms with Crippen molar-refractivity contribution in [1.29, 1.82) is 0 Å². The van der Waals surface area contributed by atoms with Crippen LogP contribution < -0.4 is 11.1 Å². The molecule has 0 saturated carbocycles. The fourth-order valence-corrected chi connectivity index (χ4v) is 2.39. The zero-order chi connectivity index (χ0) is 15.9. The molecule has 5 nitrogen and oxygen atoms in total. The van der Waals surface area contributed by atoms with Gasteiger partial charge in [-0.3, -0.25) is 9.48 Å². The highest BCUT2D eigenvalue weighted by molar-refractivity contribution is 5.93. The van der Waals surface area contributed by atoms with Crippen LogP contribution >= 0.6 is 0 Å². The van der Waals surface area contributed by atoms with E-state index < -0.39 is 0 Å². The molecule has 0 aliphatic rings. The predicted octanol–water partition coefficient (Wildman–Crippen LogP) is 2.03. The number of nitrogens with one attached hydrogen (secondary N) is 1. The van der Waals surface area contributed by atoms with Crippen molar-refractivity contribution in [2.75, 3.05) is 6.54 Å². The molecule has 5 heteroatoms. The highest BCUT2D eigenvalue weighted by atomic mass is 16.1. The summed E-state index contributed by atoms with van der Waals surface area (Å²) in [5.41, 5.74) is 7.44. The van der Waals surface area contributed by atoms with Crippen molar-refractivity contribution in [3.05, 3.63) is 53.9 Å². The molecule has 3 N–H and O–H groups in total. The lowest BCUT2D eigenvalue weighted by atomic mass is 10.0. The van der Waals surface area contributed by atoms with Crippen LogP contribution in [0.4, 0.5) is 0 Å². The van der Waals surface area contributed by atoms with Crippen molar-refractivity contribution in [3.63, 3.8) is 0 Å². The van der Waals surface area contributed by atoms with Gasteiger partial charge in [-0.1, -0.05) is 44.2 Å². The van der Waals surface area contributed by atoms with Crippen molar-refractivity contribution in [2.24, 2.45) is 11.7 Å². The first kappa shape index (κ1) is 16.2. The van der Waals surface area contributed by atoms with Gasteiger partial charge in [0.05, 0.1) is 18.3 Å². The van der Waals surface area contributed by atoms with E-state index >= 15 is 0 Å². The SMILES string of the molecule is CC(C)CC(CN)NC(=O)c1cnn(Cc2ccccc2)c1. The first-order chi connectivity index (χ1) is 10.6. The molecule has 1 atom stereocenters. The summed E-state index contributed by atoms with van der Waals surface area (Å²) in [4.78, 5) is 12.2. The molecule has 1 aromatic heterocycles. The quantitative estimate of drug-likeness (QED) is 0.822. The molecular weight excluding hydrogens is 276 g/mol. The average Bonchev–Trinajstić information content (AvgIpc) is 2.95. The molecule has 2 rings (SSSR count). The zero-order valence-electron chi connectivity index (χ0n) is 13.2. The van der Waals surface area contributed by atoms with E-state index in [4.69, 9.17) is 5.73 Å². The highest BCUT2D eigenvalue weighted by Crippen LogP contribution is 2.07. The maximum atomic E-state index is 12.2. The Morgan fingerprint density at radius 3 is 2.68 bits per heavy atom. The van der Waals surface area contributed by atoms with Gasteiger partial charge in [0.25, 0.3) is 5.91 Å². The monoisotopic (exact) mass is 300 g/mol. The number of amides is 1. The summed E-state index contributed by atoms with van der Waals surface area (Å²) in [6.07, 6.45) is 4.24. The van der Waals surface area contributed by atoms with Gasteiger partial charge in [0.2, 0.25) is 0 Å². The molecular formula is C17H24N4O. The first-order valence-electron chi connectivity index (χ1n) is 7.65. The highest BCUT2D eigenvalue weighted by Gasteiger charge is 2.15. The van der Waals surface area contributed by atoms with Gasteiger partial charge in [-0.25, -0.2) is 0 Å². The van der Waals surface area contributed by atoms with Crippen LogP contribution in [0.25, 0.3) is 0 Å². The summed E-state index contributed by atoms with van der Waals surface area (Å²) in [7, 11) is 0. The van der Waals surface area contributed by atoms with E-state index in [1.165, 1.54) is 0 Å². The van der Waals surface area contributed by atoms with E-state index in [1.807, 2.05) is 30.3 Å². The largest absolute Gasteiger partial charge is 0.348 e. The average molecular weight is 300 g/mol. The van der Waals surface area contributed by atoms with Gasteiger partial charge in [-0.15, -0.1) is 0 Å². The third-order valence-electron chi connectivity index (χ3n) is 3.46. The second-order valence-corrected chi connectivity index (χ2v) is 5.95. The summed E-state index contributed by atoms with van der Waals surface area (Å²) in [5, 5.41) is 7.23. The number of benzene rings is 1. The second-order valence-electron chi connectivity index (χ2n) is 5.95. The molecule has 22 heavy (non-hydrogen) atoms. The van der Waals surface area contributed by atoms with Gasteiger partial charge in [0.1, 0.15) is 0 Å². The molecule has 1 aromatic carbocycles. The Morgan fingerprint density at radius 2 is 2.05 bits per heavy atom. The molecule has 0 aliphatic heterocycles. The van der Waals surface area contributed by atoms with Gasteiger partial charge in [0, 0.05) is 18.8 Å². The van der Waals surface area contributed by atoms with Gasteiger partial charge in [-0.05, 0) is 17.9 Å². The predicted molar refractivity (Wildman–Crippen MR) is 87.5 cm³/mol. The van der Waals surface area contributed by atoms with Crippen molar-refractivity contribution in [1.82, 2.24) is 15.1 Å². The molecule has 1 amide bonds. The zero-order valence-corrected chi connectivity index (χ0v) is 13.2. The minimum Gasteiger partial charge on any atom is -0.348 e. The van der Waals surface area contributed by atoms with Gasteiger partial charge < -0.3 is 11.1 Å². The van der Waals surface area contributed by atoms with Gasteiger partial charge in [-0.2, -0.15) is 5.10 Å². The number of nitrogens with two attached hydrogens (primary N) is 1. The molecule has 2 aromatic rings. The van der Waals surface area contributed by atoms with Crippen LogP contribution in [0.2, 0.25) is 0 Å². The minimum absolute atomic E-state index is 0.00460. The Kier molecular flexibility index (Phi) is 5.72. The maximum Gasteiger partial charge on any atom is 0.254 e. The van der Waals surface area contributed by atoms with E-state index in [-0.39, 0.29) is 11.9 Å². The van der Waals surface area contributed by atoms with E-state index in [0.29, 0.717) is 24.6 Å². The molecule has 0 aliphatic carbocycles. The van der Waals surface area contributed by atoms with E-state index in [0.717, 1.165) is 12.0 Å². The summed E-state index contributed by atoms with van der Waals surface area (Å²) in [6, 6.07) is 10.0. The molecule has 0 bridgehead atoms. The van der Waals surface area contributed by atoms with Crippen molar-refractivity contribution in [3.8, 4) is 0 Å². The topological polar surface area (TPSA) is 72.9 Å². The minimum atomic E-state index is -0.115. The number of carbonyl (C=O) groups is 1. The van der Waals surface area contributed by atoms with Crippen molar-refractivity contribution >= 4 is 5.91 Å². The summed E-state index contributed by atoms with van der Waals surface area (Å²) in [5.74, 6) is 0.380. The molecule has 0 radical (unpaired) electrons. The Labute approximate surface area is 131 Å². The summed E-state index contributed by atoms with van der Waals surface area (Å²) < 4.78 is 1.77. The van der Waals surface area contributed by atoms with Crippen LogP contribution in [-0.2, 0) is 6.54 Å². The third kappa shape index (κ3) is 4.70. The van der Waals surface area contributed by atoms with Gasteiger partial charge in [0.15, 0.2) is 0 Å². The Balaban J connectivity index is 1.96. The van der Waals surface area contributed by atoms with Crippen LogP contribution in [0, 0.1) is 5.92 Å². The standard InChI is InChI=1S/C17H24N4O/c1-13(2)8-16(9-18)20-17(22)15-10-19-21(12-15)11-14-6-4-3-5-7-14/h3-7,10,12-13,16H,8-9,11,18H2,1-2H3,(H,20,22). The third-order valence-corrected chi connectivity index (χ3v) is 3.46. The first-order valence-corrected chi connectivity index (χ1v) is 7.65. The molecule has 1 heterocycles. The Bertz CT molecular complexity index is 592. The molecule has 0 spiro atoms. The smallest absolute Gasteiger partial charge is 0.254 e. The lowest BCUT2D eigenvalue weighted by molar-refractivity contribution is 0.0933. The number of rotatable bonds is 7. The van der Waals surface area contributed by atoms with E-state index in [9.17, 15) is 4.79 Å². The number of hydrogen-bond acceptors (Lipinski definition) is 3. The van der Waals surface area contributed by atoms with Crippen LogP contribution in [0.5, 0.6) is 0 Å². The lowest BCUT2D eigenvalue weighted by Crippen LogP contribution is -2.40. The van der Waals surface area contributed by atoms with Crippen molar-refractivity contribution < 1.29 is 4.79 Å². The lowest BCUT2D eigenvalue weighted by Gasteiger charge is -2.18. The summed E-state index contributed by atoms with van der Waals surface area (Å²) >= 11 is 0. The number of nitrogens with zero attached hydrogens (tertiary/aromatic N) is 2. The number of aromatic nitrogens is 2. The number of carbonyl (C=O) groups excluding carboxylic acids is 1. The number of hydrogen-bond donors (Lipinski definition) is 2. The fourth-order valence-electron chi connectivity index (χ4n) is 2.39.